The first-order chi connectivity index (χ1) is 6.11. The van der Waals surface area contributed by atoms with E-state index in [2.05, 4.69) is 27.2 Å². The van der Waals surface area contributed by atoms with Gasteiger partial charge in [-0.25, -0.2) is 0 Å². The molecule has 0 saturated carbocycles. The van der Waals surface area contributed by atoms with E-state index in [1.807, 2.05) is 6.92 Å². The lowest BCUT2D eigenvalue weighted by atomic mass is 10.3. The standard InChI is InChI=1S/C7H14N6/c1-3-4(2)10-7-12-5(8)11-6(9)13-7/h4H,3H2,1-2H3,(H5,8,9,10,11,12,13). The average Bonchev–Trinajstić information content (AvgIpc) is 2.02. The van der Waals surface area contributed by atoms with E-state index in [0.717, 1.165) is 6.42 Å². The molecule has 6 nitrogen and oxygen atoms in total. The lowest BCUT2D eigenvalue weighted by Gasteiger charge is -2.10. The first-order valence-electron chi connectivity index (χ1n) is 4.15. The predicted octanol–water partition coefficient (Wildman–Crippen LogP) is 0.246. The van der Waals surface area contributed by atoms with Crippen molar-refractivity contribution in [2.24, 2.45) is 0 Å². The van der Waals surface area contributed by atoms with Crippen molar-refractivity contribution in [3.05, 3.63) is 0 Å². The fourth-order valence-electron chi connectivity index (χ4n) is 0.796. The van der Waals surface area contributed by atoms with E-state index < -0.39 is 0 Å². The van der Waals surface area contributed by atoms with Crippen LogP contribution in [0, 0.1) is 0 Å². The van der Waals surface area contributed by atoms with Gasteiger partial charge in [-0.3, -0.25) is 0 Å². The second-order valence-corrected chi connectivity index (χ2v) is 2.83. The molecule has 1 aromatic rings. The number of nitrogens with one attached hydrogen (secondary N) is 1. The smallest absolute Gasteiger partial charge is 0.229 e. The van der Waals surface area contributed by atoms with Gasteiger partial charge in [-0.05, 0) is 13.3 Å². The summed E-state index contributed by atoms with van der Waals surface area (Å²) in [7, 11) is 0. The van der Waals surface area contributed by atoms with Crippen molar-refractivity contribution in [3.8, 4) is 0 Å². The van der Waals surface area contributed by atoms with E-state index in [1.165, 1.54) is 0 Å². The maximum atomic E-state index is 5.39. The Morgan fingerprint density at radius 3 is 2.23 bits per heavy atom. The molecule has 1 heterocycles. The van der Waals surface area contributed by atoms with Gasteiger partial charge in [-0.1, -0.05) is 6.92 Å². The molecule has 1 rings (SSSR count). The third-order valence-corrected chi connectivity index (χ3v) is 1.66. The number of anilines is 3. The Morgan fingerprint density at radius 2 is 1.77 bits per heavy atom. The molecule has 0 amide bonds. The van der Waals surface area contributed by atoms with Crippen LogP contribution >= 0.6 is 0 Å². The lowest BCUT2D eigenvalue weighted by Crippen LogP contribution is -2.17. The van der Waals surface area contributed by atoms with Crippen molar-refractivity contribution in [2.75, 3.05) is 16.8 Å². The van der Waals surface area contributed by atoms with Gasteiger partial charge in [0.15, 0.2) is 0 Å². The SMILES string of the molecule is CCC(C)Nc1nc(N)nc(N)n1. The zero-order chi connectivity index (χ0) is 9.84. The summed E-state index contributed by atoms with van der Waals surface area (Å²) >= 11 is 0. The molecule has 1 aromatic heterocycles. The van der Waals surface area contributed by atoms with Crippen molar-refractivity contribution in [3.63, 3.8) is 0 Å². The molecular formula is C7H14N6. The molecule has 5 N–H and O–H groups in total. The number of nitrogens with zero attached hydrogens (tertiary/aromatic N) is 3. The second kappa shape index (κ2) is 3.88. The zero-order valence-electron chi connectivity index (χ0n) is 7.78. The van der Waals surface area contributed by atoms with Gasteiger partial charge in [0.05, 0.1) is 0 Å². The molecule has 6 heteroatoms. The van der Waals surface area contributed by atoms with E-state index in [0.29, 0.717) is 12.0 Å². The molecule has 0 saturated heterocycles. The molecule has 0 aliphatic carbocycles. The fourth-order valence-corrected chi connectivity index (χ4v) is 0.796. The Hall–Kier alpha value is -1.59. The van der Waals surface area contributed by atoms with Gasteiger partial charge in [-0.2, -0.15) is 15.0 Å². The Kier molecular flexibility index (Phi) is 2.84. The van der Waals surface area contributed by atoms with Crippen LogP contribution in [0.5, 0.6) is 0 Å². The van der Waals surface area contributed by atoms with Crippen LogP contribution < -0.4 is 16.8 Å². The molecule has 0 fully saturated rings. The van der Waals surface area contributed by atoms with Crippen LogP contribution in [0.15, 0.2) is 0 Å². The summed E-state index contributed by atoms with van der Waals surface area (Å²) in [6, 6.07) is 0.293. The Labute approximate surface area is 76.8 Å². The van der Waals surface area contributed by atoms with E-state index in [9.17, 15) is 0 Å². The minimum atomic E-state index is 0.137. The highest BCUT2D eigenvalue weighted by molar-refractivity contribution is 5.37. The van der Waals surface area contributed by atoms with Crippen molar-refractivity contribution >= 4 is 17.8 Å². The summed E-state index contributed by atoms with van der Waals surface area (Å²) in [5, 5.41) is 3.05. The van der Waals surface area contributed by atoms with Gasteiger partial charge in [-0.15, -0.1) is 0 Å². The summed E-state index contributed by atoms with van der Waals surface area (Å²) in [6.45, 7) is 4.09. The molecule has 1 unspecified atom stereocenters. The van der Waals surface area contributed by atoms with Crippen molar-refractivity contribution < 1.29 is 0 Å². The maximum absolute atomic E-state index is 5.39. The summed E-state index contributed by atoms with van der Waals surface area (Å²) < 4.78 is 0. The molecule has 0 aliphatic rings. The fraction of sp³-hybridized carbons (Fsp3) is 0.571. The quantitative estimate of drug-likeness (QED) is 0.619. The van der Waals surface area contributed by atoms with Crippen molar-refractivity contribution in [2.45, 2.75) is 26.3 Å². The van der Waals surface area contributed by atoms with Gasteiger partial charge in [0.25, 0.3) is 0 Å². The van der Waals surface area contributed by atoms with Crippen molar-refractivity contribution in [1.29, 1.82) is 0 Å². The summed E-state index contributed by atoms with van der Waals surface area (Å²) in [5.41, 5.74) is 10.8. The Morgan fingerprint density at radius 1 is 1.23 bits per heavy atom. The molecular weight excluding hydrogens is 168 g/mol. The van der Waals surface area contributed by atoms with Gasteiger partial charge >= 0.3 is 0 Å². The second-order valence-electron chi connectivity index (χ2n) is 2.83. The molecule has 0 aliphatic heterocycles. The van der Waals surface area contributed by atoms with Gasteiger partial charge in [0, 0.05) is 6.04 Å². The minimum absolute atomic E-state index is 0.137. The lowest BCUT2D eigenvalue weighted by molar-refractivity contribution is 0.752. The van der Waals surface area contributed by atoms with Crippen LogP contribution in [0.2, 0.25) is 0 Å². The topological polar surface area (TPSA) is 103 Å². The van der Waals surface area contributed by atoms with Crippen LogP contribution in [-0.2, 0) is 0 Å². The Bertz CT molecular complexity index is 266. The molecule has 0 aromatic carbocycles. The maximum Gasteiger partial charge on any atom is 0.229 e. The van der Waals surface area contributed by atoms with Crippen molar-refractivity contribution in [1.82, 2.24) is 15.0 Å². The third kappa shape index (κ3) is 2.73. The predicted molar refractivity (Wildman–Crippen MR) is 52.0 cm³/mol. The average molecular weight is 182 g/mol. The monoisotopic (exact) mass is 182 g/mol. The largest absolute Gasteiger partial charge is 0.368 e. The molecule has 72 valence electrons. The number of nitrogens with two attached hydrogens (primary N) is 2. The Balaban J connectivity index is 2.77. The van der Waals surface area contributed by atoms with Gasteiger partial charge in [0.2, 0.25) is 17.8 Å². The molecule has 1 atom stereocenters. The normalized spacial score (nSPS) is 12.5. The van der Waals surface area contributed by atoms with Gasteiger partial charge < -0.3 is 16.8 Å². The third-order valence-electron chi connectivity index (χ3n) is 1.66. The van der Waals surface area contributed by atoms with E-state index >= 15 is 0 Å². The van der Waals surface area contributed by atoms with E-state index in [-0.39, 0.29) is 11.9 Å². The van der Waals surface area contributed by atoms with Crippen LogP contribution in [0.1, 0.15) is 20.3 Å². The van der Waals surface area contributed by atoms with Crippen LogP contribution in [0.4, 0.5) is 17.8 Å². The number of hydrogen-bond acceptors (Lipinski definition) is 6. The summed E-state index contributed by atoms with van der Waals surface area (Å²) in [5.74, 6) is 0.705. The molecule has 0 spiro atoms. The summed E-state index contributed by atoms with van der Waals surface area (Å²) in [6.07, 6.45) is 0.978. The summed E-state index contributed by atoms with van der Waals surface area (Å²) in [4.78, 5) is 11.4. The number of aromatic nitrogens is 3. The number of rotatable bonds is 3. The first kappa shape index (κ1) is 9.50. The molecule has 0 bridgehead atoms. The van der Waals surface area contributed by atoms with Crippen LogP contribution in [0.3, 0.4) is 0 Å². The highest BCUT2D eigenvalue weighted by Gasteiger charge is 2.03. The molecule has 13 heavy (non-hydrogen) atoms. The zero-order valence-corrected chi connectivity index (χ0v) is 7.78. The minimum Gasteiger partial charge on any atom is -0.368 e. The van der Waals surface area contributed by atoms with Crippen LogP contribution in [0.25, 0.3) is 0 Å². The highest BCUT2D eigenvalue weighted by Crippen LogP contribution is 2.05. The highest BCUT2D eigenvalue weighted by atomic mass is 15.2. The first-order valence-corrected chi connectivity index (χ1v) is 4.15. The van der Waals surface area contributed by atoms with E-state index in [1.54, 1.807) is 0 Å². The van der Waals surface area contributed by atoms with Gasteiger partial charge in [0.1, 0.15) is 0 Å². The molecule has 0 radical (unpaired) electrons. The number of nitrogen functional groups attached to an aromatic ring is 2. The van der Waals surface area contributed by atoms with E-state index in [4.69, 9.17) is 11.5 Å². The van der Waals surface area contributed by atoms with Crippen LogP contribution in [-0.4, -0.2) is 21.0 Å². The number of hydrogen-bond donors (Lipinski definition) is 3.